The molecule has 2 heterocycles. The fourth-order valence-corrected chi connectivity index (χ4v) is 2.23. The molecule has 0 aliphatic rings. The van der Waals surface area contributed by atoms with E-state index in [0.29, 0.717) is 6.29 Å². The number of rotatable bonds is 2. The molecule has 0 amide bonds. The minimum atomic E-state index is -4.69. The minimum absolute atomic E-state index is 0.0407. The lowest BCUT2D eigenvalue weighted by molar-refractivity contribution is -0.137. The number of nitrogens with one attached hydrogen (secondary N) is 2. The van der Waals surface area contributed by atoms with E-state index >= 15 is 0 Å². The number of fused-ring (bicyclic) bond motifs is 1. The van der Waals surface area contributed by atoms with E-state index < -0.39 is 22.9 Å². The maximum absolute atomic E-state index is 13.3. The van der Waals surface area contributed by atoms with Gasteiger partial charge in [-0.2, -0.15) is 13.2 Å². The molecule has 0 spiro atoms. The molecule has 0 saturated carbocycles. The minimum Gasteiger partial charge on any atom is -0.322 e. The van der Waals surface area contributed by atoms with Crippen LogP contribution in [-0.2, 0) is 6.18 Å². The Bertz CT molecular complexity index is 1030. The van der Waals surface area contributed by atoms with Gasteiger partial charge in [-0.05, 0) is 18.2 Å². The van der Waals surface area contributed by atoms with Crippen molar-refractivity contribution in [1.82, 2.24) is 14.5 Å². The maximum Gasteiger partial charge on any atom is 0.418 e. The zero-order valence-electron chi connectivity index (χ0n) is 11.3. The van der Waals surface area contributed by atoms with Crippen LogP contribution in [-0.4, -0.2) is 20.8 Å². The number of H-pyrrole nitrogens is 2. The number of aromatic amines is 2. The summed E-state index contributed by atoms with van der Waals surface area (Å²) in [5, 5.41) is 0. The number of hydrogen-bond donors (Lipinski definition) is 2. The number of halogens is 3. The Hall–Kier alpha value is -3.10. The Morgan fingerprint density at radius 3 is 2.17 bits per heavy atom. The molecule has 6 nitrogen and oxygen atoms in total. The highest BCUT2D eigenvalue weighted by Crippen LogP contribution is 2.35. The lowest BCUT2D eigenvalue weighted by Gasteiger charge is -2.14. The summed E-state index contributed by atoms with van der Waals surface area (Å²) < 4.78 is 41.0. The van der Waals surface area contributed by atoms with Crippen molar-refractivity contribution < 1.29 is 18.0 Å². The average molecular weight is 323 g/mol. The Morgan fingerprint density at radius 2 is 1.65 bits per heavy atom. The Kier molecular flexibility index (Phi) is 3.20. The second-order valence-electron chi connectivity index (χ2n) is 4.79. The molecule has 2 N–H and O–H groups in total. The zero-order valence-corrected chi connectivity index (χ0v) is 11.3. The molecule has 0 aliphatic carbocycles. The van der Waals surface area contributed by atoms with Gasteiger partial charge < -0.3 is 14.5 Å². The van der Waals surface area contributed by atoms with Gasteiger partial charge in [-0.15, -0.1) is 0 Å². The zero-order chi connectivity index (χ0) is 16.8. The number of nitrogens with zero attached hydrogens (tertiary/aromatic N) is 1. The van der Waals surface area contributed by atoms with Gasteiger partial charge in [0.15, 0.2) is 6.29 Å². The van der Waals surface area contributed by atoms with Crippen molar-refractivity contribution in [3.63, 3.8) is 0 Å². The Morgan fingerprint density at radius 1 is 1.04 bits per heavy atom. The van der Waals surface area contributed by atoms with Crippen LogP contribution in [0.4, 0.5) is 13.2 Å². The molecule has 3 rings (SSSR count). The summed E-state index contributed by atoms with van der Waals surface area (Å²) in [4.78, 5) is 37.6. The predicted octanol–water partition coefficient (Wildman–Crippen LogP) is 1.84. The molecule has 23 heavy (non-hydrogen) atoms. The molecule has 1 aromatic carbocycles. The van der Waals surface area contributed by atoms with Crippen LogP contribution in [0.25, 0.3) is 16.7 Å². The van der Waals surface area contributed by atoms with Crippen molar-refractivity contribution in [2.24, 2.45) is 0 Å². The molecule has 0 radical (unpaired) electrons. The quantitative estimate of drug-likeness (QED) is 0.557. The second kappa shape index (κ2) is 4.97. The van der Waals surface area contributed by atoms with E-state index in [1.54, 1.807) is 0 Å². The first-order valence-electron chi connectivity index (χ1n) is 6.30. The highest BCUT2D eigenvalue weighted by Gasteiger charge is 2.34. The van der Waals surface area contributed by atoms with E-state index in [4.69, 9.17) is 0 Å². The first kappa shape index (κ1) is 14.8. The van der Waals surface area contributed by atoms with Gasteiger partial charge in [0, 0.05) is 18.0 Å². The summed E-state index contributed by atoms with van der Waals surface area (Å²) in [6.07, 6.45) is -1.66. The second-order valence-corrected chi connectivity index (χ2v) is 4.79. The third-order valence-electron chi connectivity index (χ3n) is 3.27. The molecule has 0 bridgehead atoms. The fourth-order valence-electron chi connectivity index (χ4n) is 2.23. The normalized spacial score (nSPS) is 11.8. The molecule has 0 aliphatic heterocycles. The van der Waals surface area contributed by atoms with Crippen molar-refractivity contribution in [2.45, 2.75) is 6.18 Å². The van der Waals surface area contributed by atoms with Crippen LogP contribution in [0, 0.1) is 0 Å². The van der Waals surface area contributed by atoms with Crippen LogP contribution in [0.3, 0.4) is 0 Å². The van der Waals surface area contributed by atoms with Gasteiger partial charge in [0.1, 0.15) is 0 Å². The van der Waals surface area contributed by atoms with Gasteiger partial charge in [0.2, 0.25) is 0 Å². The highest BCUT2D eigenvalue weighted by atomic mass is 19.4. The molecular weight excluding hydrogens is 315 g/mol. The molecule has 0 fully saturated rings. The highest BCUT2D eigenvalue weighted by molar-refractivity contribution is 5.79. The summed E-state index contributed by atoms with van der Waals surface area (Å²) in [6, 6.07) is 3.18. The number of aromatic nitrogens is 3. The van der Waals surface area contributed by atoms with Crippen LogP contribution < -0.4 is 11.1 Å². The monoisotopic (exact) mass is 323 g/mol. The lowest BCUT2D eigenvalue weighted by atomic mass is 10.1. The summed E-state index contributed by atoms with van der Waals surface area (Å²) in [5.74, 6) is 0. The molecular formula is C14H8F3N3O3. The number of benzene rings is 1. The van der Waals surface area contributed by atoms with Crippen molar-refractivity contribution in [1.29, 1.82) is 0 Å². The van der Waals surface area contributed by atoms with Crippen LogP contribution in [0.2, 0.25) is 0 Å². The van der Waals surface area contributed by atoms with Crippen molar-refractivity contribution >= 4 is 17.3 Å². The van der Waals surface area contributed by atoms with Gasteiger partial charge >= 0.3 is 17.3 Å². The summed E-state index contributed by atoms with van der Waals surface area (Å²) in [7, 11) is 0. The molecule has 0 saturated heterocycles. The number of alkyl halides is 3. The maximum atomic E-state index is 13.3. The van der Waals surface area contributed by atoms with Crippen molar-refractivity contribution in [3.8, 4) is 5.69 Å². The summed E-state index contributed by atoms with van der Waals surface area (Å²) in [6.45, 7) is 0. The predicted molar refractivity (Wildman–Crippen MR) is 74.9 cm³/mol. The van der Waals surface area contributed by atoms with E-state index in [2.05, 4.69) is 9.97 Å². The van der Waals surface area contributed by atoms with Gasteiger partial charge in [-0.3, -0.25) is 14.4 Å². The number of aldehydes is 1. The van der Waals surface area contributed by atoms with Gasteiger partial charge in [-0.1, -0.05) is 0 Å². The van der Waals surface area contributed by atoms with E-state index in [1.807, 2.05) is 0 Å². The van der Waals surface area contributed by atoms with Crippen molar-refractivity contribution in [3.05, 3.63) is 62.4 Å². The number of hydrogen-bond acceptors (Lipinski definition) is 3. The van der Waals surface area contributed by atoms with E-state index in [-0.39, 0.29) is 22.3 Å². The Labute approximate surface area is 125 Å². The largest absolute Gasteiger partial charge is 0.418 e. The lowest BCUT2D eigenvalue weighted by Crippen LogP contribution is -2.29. The molecule has 0 atom stereocenters. The molecule has 9 heteroatoms. The van der Waals surface area contributed by atoms with Gasteiger partial charge in [0.25, 0.3) is 0 Å². The van der Waals surface area contributed by atoms with Crippen molar-refractivity contribution in [2.75, 3.05) is 0 Å². The van der Waals surface area contributed by atoms with Crippen LogP contribution in [0.15, 0.2) is 40.2 Å². The fraction of sp³-hybridized carbons (Fsp3) is 0.0714. The Balaban J connectivity index is 2.37. The van der Waals surface area contributed by atoms with Gasteiger partial charge in [-0.25, -0.2) is 0 Å². The topological polar surface area (TPSA) is 87.7 Å². The summed E-state index contributed by atoms with van der Waals surface area (Å²) >= 11 is 0. The van der Waals surface area contributed by atoms with E-state index in [9.17, 15) is 27.6 Å². The molecule has 0 unspecified atom stereocenters. The van der Waals surface area contributed by atoms with E-state index in [1.165, 1.54) is 18.5 Å². The van der Waals surface area contributed by atoms with Crippen LogP contribution in [0.5, 0.6) is 0 Å². The third kappa shape index (κ3) is 2.56. The standard InChI is InChI=1S/C14H8F3N3O3/c15-14(16,17)8-3-9-10(19-13(23)12(22)18-9)4-11(8)20-2-1-7(5-20)6-21/h1-6H,(H,18,22)(H,19,23). The third-order valence-corrected chi connectivity index (χ3v) is 3.27. The van der Waals surface area contributed by atoms with Crippen LogP contribution >= 0.6 is 0 Å². The van der Waals surface area contributed by atoms with Gasteiger partial charge in [0.05, 0.1) is 22.3 Å². The average Bonchev–Trinajstić information content (AvgIpc) is 2.95. The molecule has 118 valence electrons. The first-order valence-corrected chi connectivity index (χ1v) is 6.30. The number of carbonyl (C=O) groups excluding carboxylic acids is 1. The smallest absolute Gasteiger partial charge is 0.322 e. The summed E-state index contributed by atoms with van der Waals surface area (Å²) in [5.41, 5.74) is -3.20. The van der Waals surface area contributed by atoms with Crippen LogP contribution in [0.1, 0.15) is 15.9 Å². The molecule has 2 aromatic heterocycles. The SMILES string of the molecule is O=Cc1ccn(-c2cc3[nH]c(=O)c(=O)[nH]c3cc2C(F)(F)F)c1. The van der Waals surface area contributed by atoms with E-state index in [0.717, 1.165) is 16.7 Å². The number of carbonyl (C=O) groups is 1. The first-order chi connectivity index (χ1) is 10.8. The molecule has 3 aromatic rings.